The van der Waals surface area contributed by atoms with Crippen molar-refractivity contribution in [3.8, 4) is 0 Å². The van der Waals surface area contributed by atoms with Gasteiger partial charge in [-0.25, -0.2) is 0 Å². The predicted octanol–water partition coefficient (Wildman–Crippen LogP) is 3.41. The zero-order valence-corrected chi connectivity index (χ0v) is 9.65. The van der Waals surface area contributed by atoms with Crippen molar-refractivity contribution < 1.29 is 0 Å². The minimum absolute atomic E-state index is 0.547. The monoisotopic (exact) mass is 229 g/mol. The van der Waals surface area contributed by atoms with Crippen molar-refractivity contribution in [1.29, 1.82) is 0 Å². The van der Waals surface area contributed by atoms with Crippen LogP contribution in [0.25, 0.3) is 0 Å². The first-order valence-corrected chi connectivity index (χ1v) is 5.56. The van der Waals surface area contributed by atoms with Gasteiger partial charge in [0.25, 0.3) is 0 Å². The summed E-state index contributed by atoms with van der Waals surface area (Å²) in [6, 6.07) is 5.89. The highest BCUT2D eigenvalue weighted by molar-refractivity contribution is 6.42. The Morgan fingerprint density at radius 2 is 2.14 bits per heavy atom. The molecule has 1 aliphatic rings. The Hall–Kier alpha value is -0.240. The molecule has 1 saturated heterocycles. The fourth-order valence-electron chi connectivity index (χ4n) is 2.02. The van der Waals surface area contributed by atoms with E-state index in [1.807, 2.05) is 12.1 Å². The molecule has 1 aliphatic heterocycles. The van der Waals surface area contributed by atoms with E-state index in [0.717, 1.165) is 18.1 Å². The van der Waals surface area contributed by atoms with Crippen LogP contribution in [-0.2, 0) is 0 Å². The summed E-state index contributed by atoms with van der Waals surface area (Å²) in [5.74, 6) is 0.547. The maximum atomic E-state index is 6.17. The van der Waals surface area contributed by atoms with Gasteiger partial charge in [-0.3, -0.25) is 0 Å². The van der Waals surface area contributed by atoms with E-state index < -0.39 is 0 Å². The standard InChI is InChI=1S/C11H13Cl2N/c1-14-6-5-8(7-14)9-3-2-4-10(12)11(9)13/h2-4,8H,5-7H2,1H3. The molecule has 76 valence electrons. The summed E-state index contributed by atoms with van der Waals surface area (Å²) in [7, 11) is 2.14. The molecule has 0 spiro atoms. The molecule has 0 radical (unpaired) electrons. The largest absolute Gasteiger partial charge is 0.306 e. The maximum Gasteiger partial charge on any atom is 0.0627 e. The number of halogens is 2. The van der Waals surface area contributed by atoms with Crippen LogP contribution in [0, 0.1) is 0 Å². The lowest BCUT2D eigenvalue weighted by Gasteiger charge is -2.13. The molecule has 0 amide bonds. The van der Waals surface area contributed by atoms with Crippen LogP contribution in [0.15, 0.2) is 18.2 Å². The SMILES string of the molecule is CN1CCC(c2cccc(Cl)c2Cl)C1. The van der Waals surface area contributed by atoms with Crippen molar-refractivity contribution >= 4 is 23.2 Å². The minimum atomic E-state index is 0.547. The molecule has 1 atom stereocenters. The van der Waals surface area contributed by atoms with Gasteiger partial charge in [0.2, 0.25) is 0 Å². The van der Waals surface area contributed by atoms with Crippen LogP contribution >= 0.6 is 23.2 Å². The third kappa shape index (κ3) is 1.90. The average molecular weight is 230 g/mol. The van der Waals surface area contributed by atoms with Gasteiger partial charge in [0.15, 0.2) is 0 Å². The number of hydrogen-bond acceptors (Lipinski definition) is 1. The molecule has 1 aromatic rings. The van der Waals surface area contributed by atoms with E-state index >= 15 is 0 Å². The third-order valence-electron chi connectivity index (χ3n) is 2.81. The normalized spacial score (nSPS) is 22.9. The van der Waals surface area contributed by atoms with Crippen LogP contribution in [0.4, 0.5) is 0 Å². The average Bonchev–Trinajstić information content (AvgIpc) is 2.57. The Bertz CT molecular complexity index is 338. The number of likely N-dealkylation sites (N-methyl/N-ethyl adjacent to an activating group) is 1. The van der Waals surface area contributed by atoms with Crippen molar-refractivity contribution in [2.24, 2.45) is 0 Å². The molecule has 0 N–H and O–H groups in total. The molecule has 0 aliphatic carbocycles. The zero-order valence-electron chi connectivity index (χ0n) is 8.13. The number of nitrogens with zero attached hydrogens (tertiary/aromatic N) is 1. The molecule has 2 rings (SSSR count). The fourth-order valence-corrected chi connectivity index (χ4v) is 2.49. The van der Waals surface area contributed by atoms with Crippen molar-refractivity contribution in [3.63, 3.8) is 0 Å². The zero-order chi connectivity index (χ0) is 10.1. The second-order valence-electron chi connectivity index (χ2n) is 3.89. The summed E-state index contributed by atoms with van der Waals surface area (Å²) in [4.78, 5) is 2.32. The molecular weight excluding hydrogens is 217 g/mol. The van der Waals surface area contributed by atoms with Gasteiger partial charge in [0.05, 0.1) is 10.0 Å². The number of rotatable bonds is 1. The molecule has 1 aromatic carbocycles. The van der Waals surface area contributed by atoms with Crippen molar-refractivity contribution in [1.82, 2.24) is 4.90 Å². The van der Waals surface area contributed by atoms with E-state index in [1.165, 1.54) is 12.0 Å². The molecule has 14 heavy (non-hydrogen) atoms. The van der Waals surface area contributed by atoms with Crippen LogP contribution in [0.3, 0.4) is 0 Å². The molecule has 1 heterocycles. The number of benzene rings is 1. The van der Waals surface area contributed by atoms with Gasteiger partial charge < -0.3 is 4.90 Å². The first-order valence-electron chi connectivity index (χ1n) is 4.81. The summed E-state index contributed by atoms with van der Waals surface area (Å²) in [5, 5.41) is 1.40. The van der Waals surface area contributed by atoms with Gasteiger partial charge in [-0.1, -0.05) is 35.3 Å². The summed E-state index contributed by atoms with van der Waals surface area (Å²) < 4.78 is 0. The number of likely N-dealkylation sites (tertiary alicyclic amines) is 1. The molecule has 0 saturated carbocycles. The lowest BCUT2D eigenvalue weighted by molar-refractivity contribution is 0.411. The van der Waals surface area contributed by atoms with Crippen LogP contribution in [0.5, 0.6) is 0 Å². The van der Waals surface area contributed by atoms with E-state index in [-0.39, 0.29) is 0 Å². The van der Waals surface area contributed by atoms with E-state index in [2.05, 4.69) is 18.0 Å². The predicted molar refractivity (Wildman–Crippen MR) is 61.3 cm³/mol. The van der Waals surface area contributed by atoms with E-state index in [9.17, 15) is 0 Å². The van der Waals surface area contributed by atoms with Gasteiger partial charge in [-0.15, -0.1) is 0 Å². The van der Waals surface area contributed by atoms with Gasteiger partial charge in [-0.05, 0) is 37.6 Å². The third-order valence-corrected chi connectivity index (χ3v) is 3.65. The summed E-state index contributed by atoms with van der Waals surface area (Å²) in [6.07, 6.45) is 1.18. The first kappa shape index (κ1) is 10.3. The van der Waals surface area contributed by atoms with Crippen molar-refractivity contribution in [2.45, 2.75) is 12.3 Å². The quantitative estimate of drug-likeness (QED) is 0.714. The summed E-state index contributed by atoms with van der Waals surface area (Å²) >= 11 is 12.2. The molecule has 1 nitrogen and oxygen atoms in total. The van der Waals surface area contributed by atoms with E-state index in [1.54, 1.807) is 0 Å². The van der Waals surface area contributed by atoms with Gasteiger partial charge in [0.1, 0.15) is 0 Å². The molecular formula is C11H13Cl2N. The molecule has 3 heteroatoms. The molecule has 1 unspecified atom stereocenters. The highest BCUT2D eigenvalue weighted by Gasteiger charge is 2.23. The van der Waals surface area contributed by atoms with Crippen LogP contribution < -0.4 is 0 Å². The topological polar surface area (TPSA) is 3.24 Å². The van der Waals surface area contributed by atoms with Crippen LogP contribution in [0.1, 0.15) is 17.9 Å². The van der Waals surface area contributed by atoms with Gasteiger partial charge in [0, 0.05) is 6.54 Å². The summed E-state index contributed by atoms with van der Waals surface area (Å²) in [6.45, 7) is 2.23. The Labute approximate surface area is 94.6 Å². The Kier molecular flexibility index (Phi) is 3.01. The lowest BCUT2D eigenvalue weighted by atomic mass is 9.98. The van der Waals surface area contributed by atoms with Crippen LogP contribution in [-0.4, -0.2) is 25.0 Å². The Balaban J connectivity index is 2.28. The fraction of sp³-hybridized carbons (Fsp3) is 0.455. The Morgan fingerprint density at radius 1 is 1.36 bits per heavy atom. The second kappa shape index (κ2) is 4.09. The first-order chi connectivity index (χ1) is 6.68. The second-order valence-corrected chi connectivity index (χ2v) is 4.68. The van der Waals surface area contributed by atoms with Gasteiger partial charge in [-0.2, -0.15) is 0 Å². The minimum Gasteiger partial charge on any atom is -0.306 e. The number of hydrogen-bond donors (Lipinski definition) is 0. The van der Waals surface area contributed by atoms with Gasteiger partial charge >= 0.3 is 0 Å². The highest BCUT2D eigenvalue weighted by Crippen LogP contribution is 2.35. The van der Waals surface area contributed by atoms with Crippen molar-refractivity contribution in [2.75, 3.05) is 20.1 Å². The highest BCUT2D eigenvalue weighted by atomic mass is 35.5. The summed E-state index contributed by atoms with van der Waals surface area (Å²) in [5.41, 5.74) is 1.20. The van der Waals surface area contributed by atoms with E-state index in [0.29, 0.717) is 10.9 Å². The maximum absolute atomic E-state index is 6.17. The smallest absolute Gasteiger partial charge is 0.0627 e. The Morgan fingerprint density at radius 3 is 2.79 bits per heavy atom. The lowest BCUT2D eigenvalue weighted by Crippen LogP contribution is -2.13. The van der Waals surface area contributed by atoms with E-state index in [4.69, 9.17) is 23.2 Å². The molecule has 1 fully saturated rings. The van der Waals surface area contributed by atoms with Crippen LogP contribution in [0.2, 0.25) is 10.0 Å². The van der Waals surface area contributed by atoms with Crippen molar-refractivity contribution in [3.05, 3.63) is 33.8 Å². The molecule has 0 bridgehead atoms. The molecule has 0 aromatic heterocycles.